The molecule has 0 saturated heterocycles. The Labute approximate surface area is 194 Å². The number of anilines is 1. The minimum Gasteiger partial charge on any atom is -0.484 e. The molecule has 0 aliphatic carbocycles. The molecule has 1 amide bonds. The maximum absolute atomic E-state index is 13.1. The zero-order chi connectivity index (χ0) is 23.8. The molecule has 8 heteroatoms. The van der Waals surface area contributed by atoms with E-state index in [2.05, 4.69) is 17.4 Å². The summed E-state index contributed by atoms with van der Waals surface area (Å²) in [6.45, 7) is 1.81. The molecule has 0 radical (unpaired) electrons. The van der Waals surface area contributed by atoms with Crippen LogP contribution in [0.2, 0.25) is 0 Å². The van der Waals surface area contributed by atoms with E-state index in [0.29, 0.717) is 11.4 Å². The minimum atomic E-state index is -3.82. The topological polar surface area (TPSA) is 75.7 Å². The number of hydrogen-bond acceptors (Lipinski definition) is 4. The summed E-state index contributed by atoms with van der Waals surface area (Å²) in [5.74, 6) is -0.290. The van der Waals surface area contributed by atoms with Crippen molar-refractivity contribution in [1.29, 1.82) is 0 Å². The third kappa shape index (κ3) is 6.79. The fourth-order valence-electron chi connectivity index (χ4n) is 3.22. The number of sulfonamides is 1. The van der Waals surface area contributed by atoms with Crippen molar-refractivity contribution < 1.29 is 22.3 Å². The highest BCUT2D eigenvalue weighted by Crippen LogP contribution is 2.24. The van der Waals surface area contributed by atoms with Crippen LogP contribution in [-0.2, 0) is 21.2 Å². The lowest BCUT2D eigenvalue weighted by atomic mass is 10.1. The number of halogens is 1. The molecular formula is C25H27FN2O4S. The van der Waals surface area contributed by atoms with Crippen molar-refractivity contribution in [3.63, 3.8) is 0 Å². The van der Waals surface area contributed by atoms with Gasteiger partial charge in [-0.3, -0.25) is 9.10 Å². The van der Waals surface area contributed by atoms with Gasteiger partial charge in [0.15, 0.2) is 6.61 Å². The zero-order valence-corrected chi connectivity index (χ0v) is 19.4. The van der Waals surface area contributed by atoms with Gasteiger partial charge in [-0.2, -0.15) is 0 Å². The number of carbonyl (C=O) groups is 1. The number of nitrogens with zero attached hydrogens (tertiary/aromatic N) is 1. The first-order chi connectivity index (χ1) is 15.8. The summed E-state index contributed by atoms with van der Waals surface area (Å²) in [5.41, 5.74) is 1.63. The number of rotatable bonds is 10. The molecule has 6 nitrogen and oxygen atoms in total. The van der Waals surface area contributed by atoms with Gasteiger partial charge >= 0.3 is 0 Å². The number of amides is 1. The molecule has 0 aliphatic heterocycles. The van der Waals surface area contributed by atoms with Crippen molar-refractivity contribution in [2.45, 2.75) is 30.7 Å². The van der Waals surface area contributed by atoms with Gasteiger partial charge in [-0.05, 0) is 73.9 Å². The van der Waals surface area contributed by atoms with Crippen molar-refractivity contribution in [3.8, 4) is 5.75 Å². The van der Waals surface area contributed by atoms with Crippen LogP contribution in [0.1, 0.15) is 18.9 Å². The Morgan fingerprint density at radius 3 is 2.27 bits per heavy atom. The summed E-state index contributed by atoms with van der Waals surface area (Å²) in [6.07, 6.45) is 1.69. The average molecular weight is 471 g/mol. The van der Waals surface area contributed by atoms with Gasteiger partial charge in [-0.25, -0.2) is 12.8 Å². The second kappa shape index (κ2) is 11.0. The van der Waals surface area contributed by atoms with Crippen LogP contribution in [0.15, 0.2) is 83.8 Å². The van der Waals surface area contributed by atoms with E-state index in [1.165, 1.54) is 24.7 Å². The lowest BCUT2D eigenvalue weighted by Gasteiger charge is -2.20. The third-order valence-electron chi connectivity index (χ3n) is 5.16. The predicted molar refractivity (Wildman–Crippen MR) is 126 cm³/mol. The summed E-state index contributed by atoms with van der Waals surface area (Å²) in [4.78, 5) is 12.2. The lowest BCUT2D eigenvalue weighted by Crippen LogP contribution is -2.36. The van der Waals surface area contributed by atoms with E-state index in [1.54, 1.807) is 24.3 Å². The first-order valence-corrected chi connectivity index (χ1v) is 12.0. The molecule has 0 bridgehead atoms. The second-order valence-electron chi connectivity index (χ2n) is 7.70. The van der Waals surface area contributed by atoms with Gasteiger partial charge < -0.3 is 10.1 Å². The highest BCUT2D eigenvalue weighted by molar-refractivity contribution is 7.92. The molecule has 33 heavy (non-hydrogen) atoms. The third-order valence-corrected chi connectivity index (χ3v) is 6.96. The van der Waals surface area contributed by atoms with Crippen molar-refractivity contribution in [2.24, 2.45) is 0 Å². The number of aryl methyl sites for hydroxylation is 1. The Bertz CT molecular complexity index is 1150. The molecule has 1 atom stereocenters. The van der Waals surface area contributed by atoms with E-state index >= 15 is 0 Å². The summed E-state index contributed by atoms with van der Waals surface area (Å²) in [6, 6.07) is 21.1. The summed E-state index contributed by atoms with van der Waals surface area (Å²) < 4.78 is 45.2. The van der Waals surface area contributed by atoms with Crippen LogP contribution < -0.4 is 14.4 Å². The van der Waals surface area contributed by atoms with Crippen molar-refractivity contribution in [2.75, 3.05) is 18.0 Å². The molecule has 3 aromatic rings. The fraction of sp³-hybridized carbons (Fsp3) is 0.240. The highest BCUT2D eigenvalue weighted by atomic mass is 32.2. The average Bonchev–Trinajstić information content (AvgIpc) is 2.82. The molecule has 0 spiro atoms. The summed E-state index contributed by atoms with van der Waals surface area (Å²) >= 11 is 0. The molecule has 0 saturated carbocycles. The zero-order valence-electron chi connectivity index (χ0n) is 18.6. The van der Waals surface area contributed by atoms with Crippen LogP contribution in [0, 0.1) is 5.82 Å². The van der Waals surface area contributed by atoms with E-state index < -0.39 is 15.8 Å². The number of carbonyl (C=O) groups excluding carboxylic acids is 1. The number of hydrogen-bond donors (Lipinski definition) is 1. The Morgan fingerprint density at radius 2 is 1.64 bits per heavy atom. The molecule has 1 unspecified atom stereocenters. The van der Waals surface area contributed by atoms with E-state index in [0.717, 1.165) is 29.3 Å². The van der Waals surface area contributed by atoms with Gasteiger partial charge in [0.1, 0.15) is 11.6 Å². The molecule has 174 valence electrons. The molecule has 0 aliphatic rings. The van der Waals surface area contributed by atoms with Crippen LogP contribution >= 0.6 is 0 Å². The van der Waals surface area contributed by atoms with Gasteiger partial charge in [0.2, 0.25) is 0 Å². The summed E-state index contributed by atoms with van der Waals surface area (Å²) in [7, 11) is -2.41. The van der Waals surface area contributed by atoms with E-state index in [-0.39, 0.29) is 23.5 Å². The van der Waals surface area contributed by atoms with Crippen LogP contribution in [0.5, 0.6) is 5.75 Å². The minimum absolute atomic E-state index is 0.00833. The van der Waals surface area contributed by atoms with E-state index in [9.17, 15) is 17.6 Å². The first kappa shape index (κ1) is 24.3. The SMILES string of the molecule is CC(CCc1ccccc1)NC(=O)COc1ccc(N(C)S(=O)(=O)c2ccc(F)cc2)cc1. The summed E-state index contributed by atoms with van der Waals surface area (Å²) in [5, 5.41) is 2.91. The Morgan fingerprint density at radius 1 is 1.00 bits per heavy atom. The lowest BCUT2D eigenvalue weighted by molar-refractivity contribution is -0.123. The van der Waals surface area contributed by atoms with Gasteiger partial charge in [-0.15, -0.1) is 0 Å². The van der Waals surface area contributed by atoms with Crippen LogP contribution in [-0.4, -0.2) is 34.0 Å². The maximum atomic E-state index is 13.1. The highest BCUT2D eigenvalue weighted by Gasteiger charge is 2.21. The number of ether oxygens (including phenoxy) is 1. The first-order valence-electron chi connectivity index (χ1n) is 10.6. The molecule has 3 aromatic carbocycles. The largest absolute Gasteiger partial charge is 0.484 e. The van der Waals surface area contributed by atoms with Gasteiger partial charge in [0.25, 0.3) is 15.9 Å². The van der Waals surface area contributed by atoms with Gasteiger partial charge in [-0.1, -0.05) is 30.3 Å². The monoisotopic (exact) mass is 470 g/mol. The normalized spacial score (nSPS) is 12.1. The quantitative estimate of drug-likeness (QED) is 0.483. The Kier molecular flexibility index (Phi) is 8.06. The molecule has 0 heterocycles. The van der Waals surface area contributed by atoms with E-state index in [4.69, 9.17) is 4.74 Å². The van der Waals surface area contributed by atoms with Crippen molar-refractivity contribution in [1.82, 2.24) is 5.32 Å². The molecule has 0 aromatic heterocycles. The number of nitrogens with one attached hydrogen (secondary N) is 1. The standard InChI is InChI=1S/C25H27FN2O4S/c1-19(8-9-20-6-4-3-5-7-20)27-25(29)18-32-23-14-12-22(13-15-23)28(2)33(30,31)24-16-10-21(26)11-17-24/h3-7,10-17,19H,8-9,18H2,1-2H3,(H,27,29). The van der Waals surface area contributed by atoms with Crippen molar-refractivity contribution in [3.05, 3.63) is 90.2 Å². The second-order valence-corrected chi connectivity index (χ2v) is 9.67. The van der Waals surface area contributed by atoms with Gasteiger partial charge in [0.05, 0.1) is 10.6 Å². The molecular weight excluding hydrogens is 443 g/mol. The smallest absolute Gasteiger partial charge is 0.264 e. The van der Waals surface area contributed by atoms with Gasteiger partial charge in [0, 0.05) is 13.1 Å². The number of benzene rings is 3. The fourth-order valence-corrected chi connectivity index (χ4v) is 4.42. The van der Waals surface area contributed by atoms with Crippen LogP contribution in [0.25, 0.3) is 0 Å². The van der Waals surface area contributed by atoms with Crippen LogP contribution in [0.3, 0.4) is 0 Å². The van der Waals surface area contributed by atoms with E-state index in [1.807, 2.05) is 25.1 Å². The van der Waals surface area contributed by atoms with Crippen molar-refractivity contribution >= 4 is 21.6 Å². The predicted octanol–water partition coefficient (Wildman–Crippen LogP) is 4.17. The molecule has 3 rings (SSSR count). The maximum Gasteiger partial charge on any atom is 0.264 e. The van der Waals surface area contributed by atoms with Crippen LogP contribution in [0.4, 0.5) is 10.1 Å². The Hall–Kier alpha value is -3.39. The molecule has 1 N–H and O–H groups in total. The molecule has 0 fully saturated rings. The Balaban J connectivity index is 1.49.